The summed E-state index contributed by atoms with van der Waals surface area (Å²) >= 11 is 0. The molecular weight excluding hydrogens is 454 g/mol. The fourth-order valence-electron chi connectivity index (χ4n) is 4.48. The number of hydrogen-bond donors (Lipinski definition) is 1. The first-order valence-electron chi connectivity index (χ1n) is 8.90. The Morgan fingerprint density at radius 3 is 2.33 bits per heavy atom. The van der Waals surface area contributed by atoms with Crippen LogP contribution >= 0.6 is 0 Å². The Bertz CT molecular complexity index is 819. The molecule has 0 aliphatic heterocycles. The first-order valence-corrected chi connectivity index (χ1v) is 8.90. The summed E-state index contributed by atoms with van der Waals surface area (Å²) in [5.74, 6) is 0.402. The van der Waals surface area contributed by atoms with Gasteiger partial charge in [-0.25, -0.2) is 0 Å². The number of halogens is 2. The minimum Gasteiger partial charge on any atom is -1.00 e. The Morgan fingerprint density at radius 2 is 1.63 bits per heavy atom. The van der Waals surface area contributed by atoms with E-state index >= 15 is 0 Å². The van der Waals surface area contributed by atoms with Crippen molar-refractivity contribution < 1.29 is 56.1 Å². The van der Waals surface area contributed by atoms with Crippen LogP contribution in [0.15, 0.2) is 66.8 Å². The second kappa shape index (κ2) is 10.2. The molecule has 1 nitrogen and oxygen atoms in total. The summed E-state index contributed by atoms with van der Waals surface area (Å²) in [6.07, 6.45) is 11.8. The number of fused-ring (bicyclic) bond motifs is 3. The van der Waals surface area contributed by atoms with Crippen LogP contribution in [0.25, 0.3) is 11.1 Å². The molecule has 1 N–H and O–H groups in total. The summed E-state index contributed by atoms with van der Waals surface area (Å²) in [6.45, 7) is 2.62. The van der Waals surface area contributed by atoms with Crippen LogP contribution in [0.1, 0.15) is 36.5 Å². The average Bonchev–Trinajstić information content (AvgIpc) is 3.27. The van der Waals surface area contributed by atoms with E-state index in [9.17, 15) is 5.11 Å². The Morgan fingerprint density at radius 1 is 0.963 bits per heavy atom. The molecule has 0 amide bonds. The maximum Gasteiger partial charge on any atom is 2.00 e. The van der Waals surface area contributed by atoms with Gasteiger partial charge in [0.2, 0.25) is 0 Å². The molecule has 0 bridgehead atoms. The van der Waals surface area contributed by atoms with Crippen molar-refractivity contribution in [3.05, 3.63) is 83.5 Å². The first-order chi connectivity index (χ1) is 11.7. The van der Waals surface area contributed by atoms with Crippen molar-refractivity contribution in [2.75, 3.05) is 6.61 Å². The third-order valence-electron chi connectivity index (χ3n) is 5.80. The molecule has 2 aliphatic rings. The number of rotatable bonds is 5. The number of allylic oxidation sites excluding steroid dienone is 4. The van der Waals surface area contributed by atoms with Crippen molar-refractivity contribution in [2.45, 2.75) is 31.6 Å². The summed E-state index contributed by atoms with van der Waals surface area (Å²) in [7, 11) is 0. The zero-order valence-corrected chi connectivity index (χ0v) is 19.4. The summed E-state index contributed by atoms with van der Waals surface area (Å²) in [4.78, 5) is 0. The maximum absolute atomic E-state index is 9.42. The van der Waals surface area contributed by atoms with Gasteiger partial charge in [0, 0.05) is 17.9 Å². The van der Waals surface area contributed by atoms with Gasteiger partial charge in [0.25, 0.3) is 0 Å². The minimum atomic E-state index is 0. The number of aliphatic hydroxyl groups excluding tert-OH is 1. The molecule has 27 heavy (non-hydrogen) atoms. The smallest absolute Gasteiger partial charge is 1.00 e. The molecule has 0 radical (unpaired) electrons. The quantitative estimate of drug-likeness (QED) is 0.501. The van der Waals surface area contributed by atoms with Gasteiger partial charge in [-0.15, -0.1) is 0 Å². The zero-order chi connectivity index (χ0) is 16.6. The van der Waals surface area contributed by atoms with Crippen LogP contribution in [0.5, 0.6) is 0 Å². The Hall–Kier alpha value is -0.657. The number of aliphatic hydroxyl groups is 1. The van der Waals surface area contributed by atoms with E-state index in [2.05, 4.69) is 73.7 Å². The first kappa shape index (κ1) is 24.4. The normalized spacial score (nSPS) is 15.8. The molecule has 0 saturated carbocycles. The molecular formula is C23H24Cl2OZr. The molecule has 2 aromatic rings. The van der Waals surface area contributed by atoms with E-state index in [4.69, 9.17) is 0 Å². The van der Waals surface area contributed by atoms with Crippen LogP contribution in [0.3, 0.4) is 0 Å². The monoisotopic (exact) mass is 476 g/mol. The second-order valence-electron chi connectivity index (χ2n) is 7.21. The van der Waals surface area contributed by atoms with Crippen LogP contribution in [0.4, 0.5) is 0 Å². The topological polar surface area (TPSA) is 20.2 Å². The standard InChI is InChI=1S/C23H24O.2ClH.Zr/c1-23(14-7-15-24,18-9-3-4-10-18)22-13-6-12-20-19-11-5-2-8-17(19)16-21(20)22;;;/h2-6,8-13,18,24H,7,14-16H2,1H3;2*1H;/q;;;+2/p-2. The molecule has 0 aromatic heterocycles. The fourth-order valence-corrected chi connectivity index (χ4v) is 4.48. The molecule has 4 heteroatoms. The van der Waals surface area contributed by atoms with Crippen LogP contribution in [-0.2, 0) is 38.0 Å². The van der Waals surface area contributed by atoms with Gasteiger partial charge in [-0.2, -0.15) is 0 Å². The molecule has 2 aliphatic carbocycles. The van der Waals surface area contributed by atoms with Gasteiger partial charge >= 0.3 is 26.2 Å². The largest absolute Gasteiger partial charge is 2.00 e. The van der Waals surface area contributed by atoms with E-state index in [1.807, 2.05) is 0 Å². The fraction of sp³-hybridized carbons (Fsp3) is 0.304. The van der Waals surface area contributed by atoms with Crippen molar-refractivity contribution in [2.24, 2.45) is 5.92 Å². The third kappa shape index (κ3) is 4.35. The van der Waals surface area contributed by atoms with Crippen LogP contribution < -0.4 is 24.8 Å². The van der Waals surface area contributed by atoms with E-state index in [-0.39, 0.29) is 63.0 Å². The van der Waals surface area contributed by atoms with Crippen LogP contribution in [-0.4, -0.2) is 11.7 Å². The molecule has 1 atom stereocenters. The van der Waals surface area contributed by atoms with Gasteiger partial charge in [0.1, 0.15) is 0 Å². The predicted octanol–water partition coefficient (Wildman–Crippen LogP) is -0.964. The van der Waals surface area contributed by atoms with Gasteiger partial charge in [0.05, 0.1) is 0 Å². The van der Waals surface area contributed by atoms with Crippen LogP contribution in [0.2, 0.25) is 0 Å². The third-order valence-corrected chi connectivity index (χ3v) is 5.80. The molecule has 4 rings (SSSR count). The second-order valence-corrected chi connectivity index (χ2v) is 7.21. The zero-order valence-electron chi connectivity index (χ0n) is 15.5. The van der Waals surface area contributed by atoms with Gasteiger partial charge in [0.15, 0.2) is 0 Å². The van der Waals surface area contributed by atoms with E-state index in [0.717, 1.165) is 19.3 Å². The van der Waals surface area contributed by atoms with E-state index < -0.39 is 0 Å². The predicted molar refractivity (Wildman–Crippen MR) is 100 cm³/mol. The summed E-state index contributed by atoms with van der Waals surface area (Å²) < 4.78 is 0. The van der Waals surface area contributed by atoms with Gasteiger partial charge < -0.3 is 29.9 Å². The summed E-state index contributed by atoms with van der Waals surface area (Å²) in [6, 6.07) is 15.5. The van der Waals surface area contributed by atoms with Crippen LogP contribution in [0, 0.1) is 5.92 Å². The van der Waals surface area contributed by atoms with Crippen molar-refractivity contribution in [3.8, 4) is 11.1 Å². The van der Waals surface area contributed by atoms with E-state index in [0.29, 0.717) is 5.92 Å². The molecule has 140 valence electrons. The SMILES string of the molecule is CC(CCCO)(c1cccc2c1Cc1ccccc1-2)C1C=CC=C1.[Cl-].[Cl-].[Zr+2]. The average molecular weight is 479 g/mol. The molecule has 0 saturated heterocycles. The van der Waals surface area contributed by atoms with E-state index in [1.54, 1.807) is 0 Å². The van der Waals surface area contributed by atoms with Crippen molar-refractivity contribution in [3.63, 3.8) is 0 Å². The number of benzene rings is 2. The van der Waals surface area contributed by atoms with Crippen molar-refractivity contribution >= 4 is 0 Å². The Balaban J connectivity index is 0.00000121. The van der Waals surface area contributed by atoms with Crippen molar-refractivity contribution in [1.82, 2.24) is 0 Å². The maximum atomic E-state index is 9.42. The van der Waals surface area contributed by atoms with Gasteiger partial charge in [-0.05, 0) is 47.1 Å². The molecule has 2 aromatic carbocycles. The Labute approximate surface area is 193 Å². The Kier molecular flexibility index (Phi) is 9.22. The summed E-state index contributed by atoms with van der Waals surface area (Å²) in [5.41, 5.74) is 7.17. The van der Waals surface area contributed by atoms with Crippen molar-refractivity contribution in [1.29, 1.82) is 0 Å². The van der Waals surface area contributed by atoms with Gasteiger partial charge in [-0.1, -0.05) is 73.7 Å². The summed E-state index contributed by atoms with van der Waals surface area (Å²) in [5, 5.41) is 9.42. The minimum absolute atomic E-state index is 0. The molecule has 0 spiro atoms. The van der Waals surface area contributed by atoms with Gasteiger partial charge in [-0.3, -0.25) is 0 Å². The number of hydrogen-bond acceptors (Lipinski definition) is 1. The molecule has 0 fully saturated rings. The van der Waals surface area contributed by atoms with E-state index in [1.165, 1.54) is 27.8 Å². The molecule has 1 unspecified atom stereocenters. The molecule has 0 heterocycles.